The molecule has 1 aromatic carbocycles. The molecule has 1 rings (SSSR count). The van der Waals surface area contributed by atoms with Gasteiger partial charge in [-0.1, -0.05) is 13.8 Å². The average Bonchev–Trinajstić information content (AvgIpc) is 2.52. The highest BCUT2D eigenvalue weighted by Gasteiger charge is 2.15. The Balaban J connectivity index is 2.76. The van der Waals surface area contributed by atoms with Crippen LogP contribution in [-0.4, -0.2) is 42.6 Å². The van der Waals surface area contributed by atoms with Crippen LogP contribution in [0.15, 0.2) is 18.2 Å². The zero-order valence-corrected chi connectivity index (χ0v) is 15.0. The molecule has 0 heterocycles. The van der Waals surface area contributed by atoms with E-state index in [2.05, 4.69) is 0 Å². The lowest BCUT2D eigenvalue weighted by Gasteiger charge is -2.21. The Kier molecular flexibility index (Phi) is 8.09. The predicted molar refractivity (Wildman–Crippen MR) is 94.1 cm³/mol. The van der Waals surface area contributed by atoms with Crippen molar-refractivity contribution in [2.75, 3.05) is 25.4 Å². The first-order chi connectivity index (χ1) is 11.4. The number of esters is 1. The Labute approximate surface area is 143 Å². The quantitative estimate of drug-likeness (QED) is 0.554. The minimum absolute atomic E-state index is 0.0896. The van der Waals surface area contributed by atoms with Crippen LogP contribution in [0.25, 0.3) is 0 Å². The molecular formula is C18H28N2O4. The van der Waals surface area contributed by atoms with Gasteiger partial charge in [-0.2, -0.15) is 0 Å². The topological polar surface area (TPSA) is 81.9 Å². The Morgan fingerprint density at radius 1 is 1.17 bits per heavy atom. The SMILES string of the molecule is CCCN(CCC)C(=O)COc1cc(C(=O)OC(C)C)ccc1N. The van der Waals surface area contributed by atoms with Gasteiger partial charge in [-0.3, -0.25) is 4.79 Å². The summed E-state index contributed by atoms with van der Waals surface area (Å²) in [6.07, 6.45) is 1.58. The largest absolute Gasteiger partial charge is 0.482 e. The van der Waals surface area contributed by atoms with Crippen molar-refractivity contribution in [3.63, 3.8) is 0 Å². The molecular weight excluding hydrogens is 308 g/mol. The van der Waals surface area contributed by atoms with Crippen molar-refractivity contribution in [3.8, 4) is 5.75 Å². The van der Waals surface area contributed by atoms with E-state index in [4.69, 9.17) is 15.2 Å². The average molecular weight is 336 g/mol. The summed E-state index contributed by atoms with van der Waals surface area (Å²) in [5.74, 6) is -0.220. The van der Waals surface area contributed by atoms with Gasteiger partial charge >= 0.3 is 5.97 Å². The summed E-state index contributed by atoms with van der Waals surface area (Å²) in [6.45, 7) is 8.91. The number of anilines is 1. The number of ether oxygens (including phenoxy) is 2. The van der Waals surface area contributed by atoms with Gasteiger partial charge in [0.15, 0.2) is 6.61 Å². The van der Waals surface area contributed by atoms with Crippen LogP contribution in [0, 0.1) is 0 Å². The van der Waals surface area contributed by atoms with E-state index in [-0.39, 0.29) is 18.6 Å². The highest BCUT2D eigenvalue weighted by Crippen LogP contribution is 2.23. The number of rotatable bonds is 9. The van der Waals surface area contributed by atoms with E-state index < -0.39 is 5.97 Å². The minimum Gasteiger partial charge on any atom is -0.482 e. The third-order valence-corrected chi connectivity index (χ3v) is 3.28. The number of hydrogen-bond acceptors (Lipinski definition) is 5. The Morgan fingerprint density at radius 3 is 2.33 bits per heavy atom. The van der Waals surface area contributed by atoms with Crippen LogP contribution in [0.2, 0.25) is 0 Å². The van der Waals surface area contributed by atoms with E-state index in [1.165, 1.54) is 6.07 Å². The number of carbonyl (C=O) groups is 2. The van der Waals surface area contributed by atoms with Crippen molar-refractivity contribution >= 4 is 17.6 Å². The molecule has 1 amide bonds. The van der Waals surface area contributed by atoms with Gasteiger partial charge in [0.1, 0.15) is 5.75 Å². The summed E-state index contributed by atoms with van der Waals surface area (Å²) < 4.78 is 10.7. The summed E-state index contributed by atoms with van der Waals surface area (Å²) in [4.78, 5) is 26.0. The lowest BCUT2D eigenvalue weighted by Crippen LogP contribution is -2.36. The van der Waals surface area contributed by atoms with Crippen LogP contribution in [-0.2, 0) is 9.53 Å². The first kappa shape index (κ1) is 19.8. The molecule has 0 radical (unpaired) electrons. The van der Waals surface area contributed by atoms with E-state index in [1.54, 1.807) is 30.9 Å². The van der Waals surface area contributed by atoms with Gasteiger partial charge < -0.3 is 20.1 Å². The molecule has 0 aliphatic heterocycles. The summed E-state index contributed by atoms with van der Waals surface area (Å²) >= 11 is 0. The first-order valence-corrected chi connectivity index (χ1v) is 8.40. The number of carbonyl (C=O) groups excluding carboxylic acids is 2. The molecule has 0 bridgehead atoms. The summed E-state index contributed by atoms with van der Waals surface area (Å²) in [5.41, 5.74) is 6.59. The number of benzene rings is 1. The maximum Gasteiger partial charge on any atom is 0.338 e. The second kappa shape index (κ2) is 9.80. The van der Waals surface area contributed by atoms with Crippen molar-refractivity contribution in [2.24, 2.45) is 0 Å². The van der Waals surface area contributed by atoms with Gasteiger partial charge in [0, 0.05) is 13.1 Å². The second-order valence-corrected chi connectivity index (χ2v) is 5.88. The van der Waals surface area contributed by atoms with Gasteiger partial charge in [0.2, 0.25) is 0 Å². The number of nitrogens with two attached hydrogens (primary N) is 1. The van der Waals surface area contributed by atoms with Crippen molar-refractivity contribution in [1.29, 1.82) is 0 Å². The number of nitrogens with zero attached hydrogens (tertiary/aromatic N) is 1. The molecule has 0 aliphatic carbocycles. The zero-order chi connectivity index (χ0) is 18.1. The van der Waals surface area contributed by atoms with Crippen molar-refractivity contribution in [3.05, 3.63) is 23.8 Å². The van der Waals surface area contributed by atoms with Gasteiger partial charge in [-0.15, -0.1) is 0 Å². The minimum atomic E-state index is -0.445. The van der Waals surface area contributed by atoms with E-state index in [0.717, 1.165) is 12.8 Å². The lowest BCUT2D eigenvalue weighted by atomic mass is 10.2. The van der Waals surface area contributed by atoms with Crippen LogP contribution in [0.3, 0.4) is 0 Å². The zero-order valence-electron chi connectivity index (χ0n) is 15.0. The maximum absolute atomic E-state index is 12.2. The predicted octanol–water partition coefficient (Wildman–Crippen LogP) is 2.86. The fourth-order valence-electron chi connectivity index (χ4n) is 2.20. The number of amides is 1. The van der Waals surface area contributed by atoms with Crippen LogP contribution in [0.5, 0.6) is 5.75 Å². The number of nitrogen functional groups attached to an aromatic ring is 1. The van der Waals surface area contributed by atoms with Crippen molar-refractivity contribution < 1.29 is 19.1 Å². The van der Waals surface area contributed by atoms with E-state index in [9.17, 15) is 9.59 Å². The monoisotopic (exact) mass is 336 g/mol. The third-order valence-electron chi connectivity index (χ3n) is 3.28. The molecule has 0 saturated carbocycles. The summed E-state index contributed by atoms with van der Waals surface area (Å²) in [6, 6.07) is 4.67. The number of hydrogen-bond donors (Lipinski definition) is 1. The molecule has 0 atom stereocenters. The smallest absolute Gasteiger partial charge is 0.338 e. The molecule has 0 aliphatic rings. The molecule has 0 fully saturated rings. The lowest BCUT2D eigenvalue weighted by molar-refractivity contribution is -0.133. The Hall–Kier alpha value is -2.24. The van der Waals surface area contributed by atoms with Crippen molar-refractivity contribution in [1.82, 2.24) is 4.90 Å². The van der Waals surface area contributed by atoms with E-state index in [0.29, 0.717) is 30.1 Å². The molecule has 6 heteroatoms. The molecule has 0 unspecified atom stereocenters. The molecule has 1 aromatic rings. The molecule has 24 heavy (non-hydrogen) atoms. The second-order valence-electron chi connectivity index (χ2n) is 5.88. The van der Waals surface area contributed by atoms with Crippen LogP contribution >= 0.6 is 0 Å². The fourth-order valence-corrected chi connectivity index (χ4v) is 2.20. The van der Waals surface area contributed by atoms with Gasteiger partial charge in [-0.25, -0.2) is 4.79 Å². The Bertz CT molecular complexity index is 552. The molecule has 134 valence electrons. The van der Waals surface area contributed by atoms with Crippen LogP contribution in [0.4, 0.5) is 5.69 Å². The van der Waals surface area contributed by atoms with Gasteiger partial charge in [0.25, 0.3) is 5.91 Å². The third kappa shape index (κ3) is 6.10. The molecule has 6 nitrogen and oxygen atoms in total. The van der Waals surface area contributed by atoms with Crippen LogP contribution < -0.4 is 10.5 Å². The highest BCUT2D eigenvalue weighted by molar-refractivity contribution is 5.90. The fraction of sp³-hybridized carbons (Fsp3) is 0.556. The Morgan fingerprint density at radius 2 is 1.79 bits per heavy atom. The van der Waals surface area contributed by atoms with E-state index >= 15 is 0 Å². The molecule has 0 aromatic heterocycles. The first-order valence-electron chi connectivity index (χ1n) is 8.40. The summed E-state index contributed by atoms with van der Waals surface area (Å²) in [7, 11) is 0. The standard InChI is InChI=1S/C18H28N2O4/c1-5-9-20(10-6-2)17(21)12-23-16-11-14(7-8-15(16)19)18(22)24-13(3)4/h7-8,11,13H,5-6,9-10,12,19H2,1-4H3. The van der Waals surface area contributed by atoms with Gasteiger partial charge in [0.05, 0.1) is 17.4 Å². The normalized spacial score (nSPS) is 10.5. The van der Waals surface area contributed by atoms with Gasteiger partial charge in [-0.05, 0) is 44.9 Å². The molecule has 0 spiro atoms. The maximum atomic E-state index is 12.2. The highest BCUT2D eigenvalue weighted by atomic mass is 16.5. The van der Waals surface area contributed by atoms with E-state index in [1.807, 2.05) is 13.8 Å². The molecule has 2 N–H and O–H groups in total. The summed E-state index contributed by atoms with van der Waals surface area (Å²) in [5, 5.41) is 0. The van der Waals surface area contributed by atoms with Crippen molar-refractivity contribution in [2.45, 2.75) is 46.6 Å². The molecule has 0 saturated heterocycles. The van der Waals surface area contributed by atoms with Crippen LogP contribution in [0.1, 0.15) is 50.9 Å².